The molecule has 0 atom stereocenters. The van der Waals surface area contributed by atoms with E-state index in [-0.39, 0.29) is 10.8 Å². The van der Waals surface area contributed by atoms with E-state index in [0.717, 1.165) is 11.4 Å². The fraction of sp³-hybridized carbons (Fsp3) is 0.103. The van der Waals surface area contributed by atoms with Crippen molar-refractivity contribution in [2.45, 2.75) is 38.5 Å². The van der Waals surface area contributed by atoms with Crippen molar-refractivity contribution in [1.82, 2.24) is 4.57 Å². The predicted octanol–water partition coefficient (Wildman–Crippen LogP) is 15.7. The summed E-state index contributed by atoms with van der Waals surface area (Å²) >= 11 is 0. The molecule has 60 heavy (non-hydrogen) atoms. The summed E-state index contributed by atoms with van der Waals surface area (Å²) in [6.07, 6.45) is 0. The normalized spacial score (nSPS) is 14.3. The zero-order chi connectivity index (χ0) is 40.3. The van der Waals surface area contributed by atoms with Gasteiger partial charge in [-0.3, -0.25) is 0 Å². The summed E-state index contributed by atoms with van der Waals surface area (Å²) in [6, 6.07) is 72.4. The molecule has 0 spiro atoms. The maximum Gasteiger partial charge on any atom is 0.0543 e. The molecule has 0 aliphatic heterocycles. The average Bonchev–Trinajstić information content (AvgIpc) is 3.83. The molecule has 0 amide bonds. The Morgan fingerprint density at radius 1 is 0.350 bits per heavy atom. The van der Waals surface area contributed by atoms with Crippen LogP contribution < -0.4 is 4.90 Å². The van der Waals surface area contributed by atoms with Crippen molar-refractivity contribution in [2.24, 2.45) is 0 Å². The molecule has 9 aromatic carbocycles. The molecule has 2 aliphatic rings. The quantitative estimate of drug-likeness (QED) is 0.169. The fourth-order valence-corrected chi connectivity index (χ4v) is 11.0. The zero-order valence-corrected chi connectivity index (χ0v) is 34.4. The monoisotopic (exact) mass is 768 g/mol. The van der Waals surface area contributed by atoms with Gasteiger partial charge >= 0.3 is 0 Å². The number of fused-ring (bicyclic) bond motifs is 10. The largest absolute Gasteiger partial charge is 0.309 e. The van der Waals surface area contributed by atoms with E-state index >= 15 is 0 Å². The van der Waals surface area contributed by atoms with Crippen molar-refractivity contribution < 1.29 is 0 Å². The topological polar surface area (TPSA) is 8.17 Å². The second kappa shape index (κ2) is 12.7. The zero-order valence-electron chi connectivity index (χ0n) is 34.4. The molecule has 2 heteroatoms. The van der Waals surface area contributed by atoms with Gasteiger partial charge in [-0.1, -0.05) is 179 Å². The van der Waals surface area contributed by atoms with Gasteiger partial charge in [0.15, 0.2) is 0 Å². The first-order valence-electron chi connectivity index (χ1n) is 21.2. The first kappa shape index (κ1) is 34.8. The van der Waals surface area contributed by atoms with E-state index < -0.39 is 0 Å². The number of hydrogen-bond acceptors (Lipinski definition) is 1. The lowest BCUT2D eigenvalue weighted by molar-refractivity contribution is 0.660. The molecule has 0 saturated carbocycles. The van der Waals surface area contributed by atoms with Crippen LogP contribution >= 0.6 is 0 Å². The van der Waals surface area contributed by atoms with Gasteiger partial charge in [-0.15, -0.1) is 0 Å². The third-order valence-corrected chi connectivity index (χ3v) is 13.8. The third kappa shape index (κ3) is 4.76. The van der Waals surface area contributed by atoms with Gasteiger partial charge in [0, 0.05) is 43.8 Å². The van der Waals surface area contributed by atoms with Gasteiger partial charge in [0.05, 0.1) is 28.1 Å². The van der Waals surface area contributed by atoms with Gasteiger partial charge in [-0.25, -0.2) is 0 Å². The molecule has 0 saturated heterocycles. The molecule has 2 aliphatic carbocycles. The second-order valence-electron chi connectivity index (χ2n) is 17.7. The fourth-order valence-electron chi connectivity index (χ4n) is 11.0. The van der Waals surface area contributed by atoms with E-state index in [1.807, 2.05) is 0 Å². The molecule has 286 valence electrons. The van der Waals surface area contributed by atoms with Crippen LogP contribution in [0.3, 0.4) is 0 Å². The lowest BCUT2D eigenvalue weighted by Crippen LogP contribution is -2.17. The van der Waals surface area contributed by atoms with Gasteiger partial charge < -0.3 is 9.47 Å². The minimum Gasteiger partial charge on any atom is -0.309 e. The number of benzene rings is 9. The number of rotatable bonds is 5. The molecule has 2 nitrogen and oxygen atoms in total. The Hall–Kier alpha value is -7.16. The number of nitrogens with zero attached hydrogens (tertiary/aromatic N) is 2. The number of para-hydroxylation sites is 3. The highest BCUT2D eigenvalue weighted by atomic mass is 15.1. The lowest BCUT2D eigenvalue weighted by atomic mass is 9.82. The van der Waals surface area contributed by atoms with E-state index in [1.54, 1.807) is 0 Å². The maximum atomic E-state index is 2.55. The van der Waals surface area contributed by atoms with Gasteiger partial charge in [0.1, 0.15) is 0 Å². The summed E-state index contributed by atoms with van der Waals surface area (Å²) in [5.41, 5.74) is 20.0. The van der Waals surface area contributed by atoms with Crippen LogP contribution in [-0.4, -0.2) is 4.57 Å². The Labute approximate surface area is 351 Å². The number of anilines is 3. The van der Waals surface area contributed by atoms with Gasteiger partial charge in [-0.05, 0) is 92.4 Å². The van der Waals surface area contributed by atoms with E-state index in [2.05, 4.69) is 231 Å². The van der Waals surface area contributed by atoms with Crippen molar-refractivity contribution in [2.75, 3.05) is 4.90 Å². The third-order valence-electron chi connectivity index (χ3n) is 13.8. The van der Waals surface area contributed by atoms with Crippen LogP contribution in [0.4, 0.5) is 17.1 Å². The molecule has 1 aromatic heterocycles. The predicted molar refractivity (Wildman–Crippen MR) is 254 cm³/mol. The minimum atomic E-state index is -0.132. The summed E-state index contributed by atoms with van der Waals surface area (Å²) in [4.78, 5) is 2.55. The summed E-state index contributed by atoms with van der Waals surface area (Å²) < 4.78 is 2.45. The highest BCUT2D eigenvalue weighted by molar-refractivity contribution is 6.12. The number of aromatic nitrogens is 1. The molecule has 12 rings (SSSR count). The van der Waals surface area contributed by atoms with Crippen LogP contribution in [0.2, 0.25) is 0 Å². The molecule has 0 bridgehead atoms. The van der Waals surface area contributed by atoms with Crippen molar-refractivity contribution >= 4 is 49.6 Å². The molecule has 0 fully saturated rings. The Morgan fingerprint density at radius 2 is 0.867 bits per heavy atom. The lowest BCUT2D eigenvalue weighted by Gasteiger charge is -2.31. The van der Waals surface area contributed by atoms with Gasteiger partial charge in [-0.2, -0.15) is 0 Å². The van der Waals surface area contributed by atoms with Crippen molar-refractivity contribution in [3.63, 3.8) is 0 Å². The standard InChI is InChI=1S/C58H44N2/c1-57(2)47-25-12-7-19-40(47)46-36-37(32-34-49(46)57)59(55-31-17-27-50-56(55)45-24-8-13-26-48(45)58(50,3)4)51-28-14-9-21-42(51)39-33-35-54(41-20-6-5-18-38(39)41)60-52-29-15-10-22-43(52)44-23-11-16-30-53(44)60/h5-36H,1-4H3. The van der Waals surface area contributed by atoms with Crippen molar-refractivity contribution in [1.29, 1.82) is 0 Å². The average molecular weight is 769 g/mol. The van der Waals surface area contributed by atoms with Crippen LogP contribution in [0.1, 0.15) is 49.9 Å². The highest BCUT2D eigenvalue weighted by Crippen LogP contribution is 2.56. The summed E-state index contributed by atoms with van der Waals surface area (Å²) in [5.74, 6) is 0. The second-order valence-corrected chi connectivity index (χ2v) is 17.7. The molecular formula is C58H44N2. The van der Waals surface area contributed by atoms with Gasteiger partial charge in [0.25, 0.3) is 0 Å². The minimum absolute atomic E-state index is 0.0822. The van der Waals surface area contributed by atoms with E-state index in [9.17, 15) is 0 Å². The Bertz CT molecular complexity index is 3340. The smallest absolute Gasteiger partial charge is 0.0543 e. The molecule has 0 N–H and O–H groups in total. The molecule has 1 heterocycles. The van der Waals surface area contributed by atoms with Crippen molar-refractivity contribution in [3.8, 4) is 39.1 Å². The molecule has 10 aromatic rings. The maximum absolute atomic E-state index is 2.55. The number of hydrogen-bond donors (Lipinski definition) is 0. The van der Waals surface area contributed by atoms with Crippen LogP contribution in [0, 0.1) is 0 Å². The summed E-state index contributed by atoms with van der Waals surface area (Å²) in [7, 11) is 0. The first-order valence-corrected chi connectivity index (χ1v) is 21.2. The summed E-state index contributed by atoms with van der Waals surface area (Å²) in [6.45, 7) is 9.47. The van der Waals surface area contributed by atoms with Crippen LogP contribution in [0.5, 0.6) is 0 Å². The van der Waals surface area contributed by atoms with Crippen molar-refractivity contribution in [3.05, 3.63) is 216 Å². The van der Waals surface area contributed by atoms with E-state index in [0.29, 0.717) is 0 Å². The Balaban J connectivity index is 1.13. The molecule has 0 radical (unpaired) electrons. The summed E-state index contributed by atoms with van der Waals surface area (Å²) in [5, 5.41) is 4.97. The van der Waals surface area contributed by atoms with Crippen LogP contribution in [0.25, 0.3) is 71.6 Å². The SMILES string of the molecule is CC1(C)c2ccccc2-c2cc(N(c3ccccc3-c3ccc(-n4c5ccccc5c5ccccc54)c4ccccc34)c3cccc4c3-c3ccccc3C4(C)C)ccc21. The van der Waals surface area contributed by atoms with Gasteiger partial charge in [0.2, 0.25) is 0 Å². The Morgan fingerprint density at radius 3 is 1.60 bits per heavy atom. The van der Waals surface area contributed by atoms with Crippen LogP contribution in [-0.2, 0) is 10.8 Å². The van der Waals surface area contributed by atoms with E-state index in [1.165, 1.54) is 99.6 Å². The Kier molecular flexibility index (Phi) is 7.36. The molecule has 0 unspecified atom stereocenters. The first-order chi connectivity index (χ1) is 29.3. The highest BCUT2D eigenvalue weighted by Gasteiger charge is 2.39. The van der Waals surface area contributed by atoms with E-state index in [4.69, 9.17) is 0 Å². The molecular weight excluding hydrogens is 725 g/mol. The van der Waals surface area contributed by atoms with Crippen LogP contribution in [0.15, 0.2) is 194 Å².